The van der Waals surface area contributed by atoms with Gasteiger partial charge in [-0.2, -0.15) is 0 Å². The molecule has 0 radical (unpaired) electrons. The minimum absolute atomic E-state index is 0.207. The molecule has 72 valence electrons. The lowest BCUT2D eigenvalue weighted by Crippen LogP contribution is -2.42. The third-order valence-electron chi connectivity index (χ3n) is 3.13. The molecule has 1 heterocycles. The number of rotatable bonds is 1. The molecular weight excluding hydrogens is 170 g/mol. The maximum absolute atomic E-state index is 11.5. The third-order valence-corrected chi connectivity index (χ3v) is 3.13. The molecule has 1 aliphatic carbocycles. The van der Waals surface area contributed by atoms with Crippen molar-refractivity contribution < 1.29 is 14.3 Å². The Balaban J connectivity index is 2.28. The fraction of sp³-hybridized carbons (Fsp3) is 0.778. The molecule has 4 heteroatoms. The van der Waals surface area contributed by atoms with E-state index in [1.165, 1.54) is 0 Å². The number of hydrogen-bond donors (Lipinski definition) is 1. The van der Waals surface area contributed by atoms with Crippen molar-refractivity contribution in [2.45, 2.75) is 38.2 Å². The summed E-state index contributed by atoms with van der Waals surface area (Å²) < 4.78 is 5.13. The molecule has 13 heavy (non-hydrogen) atoms. The van der Waals surface area contributed by atoms with Gasteiger partial charge in [-0.05, 0) is 25.7 Å². The highest BCUT2D eigenvalue weighted by atomic mass is 16.6. The van der Waals surface area contributed by atoms with Crippen LogP contribution in [-0.2, 0) is 9.53 Å². The number of carbonyl (C=O) groups is 2. The Labute approximate surface area is 76.6 Å². The van der Waals surface area contributed by atoms with Gasteiger partial charge in [0.15, 0.2) is 5.60 Å². The van der Waals surface area contributed by atoms with E-state index in [1.54, 1.807) is 0 Å². The molecule has 1 aliphatic heterocycles. The zero-order valence-corrected chi connectivity index (χ0v) is 7.63. The monoisotopic (exact) mass is 183 g/mol. The highest BCUT2D eigenvalue weighted by Crippen LogP contribution is 2.42. The summed E-state index contributed by atoms with van der Waals surface area (Å²) in [6.45, 7) is 2.02. The molecule has 2 fully saturated rings. The Morgan fingerprint density at radius 1 is 1.62 bits per heavy atom. The van der Waals surface area contributed by atoms with Gasteiger partial charge in [-0.15, -0.1) is 0 Å². The van der Waals surface area contributed by atoms with Gasteiger partial charge in [-0.25, -0.2) is 4.79 Å². The number of imide groups is 1. The molecule has 2 atom stereocenters. The summed E-state index contributed by atoms with van der Waals surface area (Å²) in [5.74, 6) is -0.0270. The Hall–Kier alpha value is -1.06. The van der Waals surface area contributed by atoms with E-state index in [4.69, 9.17) is 4.74 Å². The largest absolute Gasteiger partial charge is 0.432 e. The van der Waals surface area contributed by atoms with Gasteiger partial charge < -0.3 is 4.74 Å². The van der Waals surface area contributed by atoms with Crippen LogP contribution >= 0.6 is 0 Å². The van der Waals surface area contributed by atoms with Gasteiger partial charge in [0.1, 0.15) is 0 Å². The van der Waals surface area contributed by atoms with Gasteiger partial charge in [0.05, 0.1) is 0 Å². The van der Waals surface area contributed by atoms with Crippen LogP contribution in [0.15, 0.2) is 0 Å². The van der Waals surface area contributed by atoms with E-state index in [1.807, 2.05) is 6.92 Å². The molecule has 4 nitrogen and oxygen atoms in total. The van der Waals surface area contributed by atoms with E-state index in [-0.39, 0.29) is 11.8 Å². The molecule has 0 bridgehead atoms. The number of carbonyl (C=O) groups excluding carboxylic acids is 2. The number of amides is 2. The number of hydrogen-bond acceptors (Lipinski definition) is 3. The molecule has 0 aromatic heterocycles. The van der Waals surface area contributed by atoms with Crippen molar-refractivity contribution in [3.63, 3.8) is 0 Å². The molecule has 2 rings (SSSR count). The topological polar surface area (TPSA) is 55.4 Å². The molecule has 1 spiro atoms. The highest BCUT2D eigenvalue weighted by molar-refractivity contribution is 6.03. The lowest BCUT2D eigenvalue weighted by molar-refractivity contribution is -0.134. The zero-order valence-electron chi connectivity index (χ0n) is 7.63. The Kier molecular flexibility index (Phi) is 1.78. The van der Waals surface area contributed by atoms with Crippen molar-refractivity contribution in [1.29, 1.82) is 0 Å². The normalized spacial score (nSPS) is 38.1. The second-order valence-electron chi connectivity index (χ2n) is 3.73. The van der Waals surface area contributed by atoms with Gasteiger partial charge in [-0.1, -0.05) is 6.92 Å². The molecule has 1 saturated heterocycles. The van der Waals surface area contributed by atoms with E-state index in [2.05, 4.69) is 5.32 Å². The van der Waals surface area contributed by atoms with E-state index in [0.717, 1.165) is 19.3 Å². The summed E-state index contributed by atoms with van der Waals surface area (Å²) in [5, 5.41) is 2.21. The lowest BCUT2D eigenvalue weighted by Gasteiger charge is -2.25. The van der Waals surface area contributed by atoms with Crippen molar-refractivity contribution in [3.8, 4) is 0 Å². The van der Waals surface area contributed by atoms with Gasteiger partial charge in [0.25, 0.3) is 5.91 Å². The van der Waals surface area contributed by atoms with Gasteiger partial charge in [-0.3, -0.25) is 10.1 Å². The summed E-state index contributed by atoms with van der Waals surface area (Å²) in [7, 11) is 0. The summed E-state index contributed by atoms with van der Waals surface area (Å²) in [6, 6.07) is 0. The van der Waals surface area contributed by atoms with E-state index in [0.29, 0.717) is 6.42 Å². The quantitative estimate of drug-likeness (QED) is 0.664. The fourth-order valence-corrected chi connectivity index (χ4v) is 2.45. The number of alkyl carbamates (subject to hydrolysis) is 1. The maximum atomic E-state index is 11.5. The average Bonchev–Trinajstić information content (AvgIpc) is 2.59. The minimum Gasteiger partial charge on any atom is -0.432 e. The first-order valence-electron chi connectivity index (χ1n) is 4.73. The van der Waals surface area contributed by atoms with Crippen LogP contribution in [0, 0.1) is 5.92 Å². The average molecular weight is 183 g/mol. The minimum atomic E-state index is -0.814. The summed E-state index contributed by atoms with van der Waals surface area (Å²) in [4.78, 5) is 22.4. The summed E-state index contributed by atoms with van der Waals surface area (Å²) in [6.07, 6.45) is 2.95. The fourth-order valence-electron chi connectivity index (χ4n) is 2.45. The van der Waals surface area contributed by atoms with E-state index in [9.17, 15) is 9.59 Å². The van der Waals surface area contributed by atoms with Crippen LogP contribution in [-0.4, -0.2) is 17.6 Å². The Morgan fingerprint density at radius 3 is 2.92 bits per heavy atom. The first-order chi connectivity index (χ1) is 6.19. The van der Waals surface area contributed by atoms with Crippen LogP contribution in [0.4, 0.5) is 4.79 Å². The van der Waals surface area contributed by atoms with Crippen LogP contribution in [0.5, 0.6) is 0 Å². The van der Waals surface area contributed by atoms with E-state index < -0.39 is 11.7 Å². The smallest absolute Gasteiger partial charge is 0.415 e. The summed E-state index contributed by atoms with van der Waals surface area (Å²) in [5.41, 5.74) is -0.814. The van der Waals surface area contributed by atoms with Crippen molar-refractivity contribution in [2.75, 3.05) is 0 Å². The molecular formula is C9H13NO3. The number of nitrogens with one attached hydrogen (secondary N) is 1. The van der Waals surface area contributed by atoms with Crippen LogP contribution in [0.3, 0.4) is 0 Å². The van der Waals surface area contributed by atoms with Gasteiger partial charge in [0.2, 0.25) is 0 Å². The highest BCUT2D eigenvalue weighted by Gasteiger charge is 2.56. The maximum Gasteiger partial charge on any atom is 0.415 e. The Morgan fingerprint density at radius 2 is 2.38 bits per heavy atom. The standard InChI is InChI=1S/C9H13NO3/c1-2-6-4-3-5-9(6)7(11)10-8(12)13-9/h6H,2-5H2,1H3,(H,10,11,12). The lowest BCUT2D eigenvalue weighted by atomic mass is 9.88. The molecule has 1 saturated carbocycles. The Bertz CT molecular complexity index is 264. The third kappa shape index (κ3) is 1.04. The second kappa shape index (κ2) is 2.72. The van der Waals surface area contributed by atoms with Crippen molar-refractivity contribution in [3.05, 3.63) is 0 Å². The first kappa shape index (κ1) is 8.53. The summed E-state index contributed by atoms with van der Waals surface area (Å²) >= 11 is 0. The van der Waals surface area contributed by atoms with Gasteiger partial charge in [0, 0.05) is 5.92 Å². The predicted molar refractivity (Wildman–Crippen MR) is 45.0 cm³/mol. The zero-order chi connectivity index (χ0) is 9.47. The SMILES string of the molecule is CCC1CCCC12OC(=O)NC2=O. The van der Waals surface area contributed by atoms with Crippen LogP contribution < -0.4 is 5.32 Å². The molecule has 2 amide bonds. The van der Waals surface area contributed by atoms with Crippen molar-refractivity contribution in [1.82, 2.24) is 5.32 Å². The van der Waals surface area contributed by atoms with E-state index >= 15 is 0 Å². The molecule has 2 unspecified atom stereocenters. The van der Waals surface area contributed by atoms with Crippen LogP contribution in [0.2, 0.25) is 0 Å². The second-order valence-corrected chi connectivity index (χ2v) is 3.73. The first-order valence-corrected chi connectivity index (χ1v) is 4.73. The van der Waals surface area contributed by atoms with Crippen molar-refractivity contribution >= 4 is 12.0 Å². The van der Waals surface area contributed by atoms with Crippen LogP contribution in [0.1, 0.15) is 32.6 Å². The van der Waals surface area contributed by atoms with Gasteiger partial charge >= 0.3 is 6.09 Å². The number of ether oxygens (including phenoxy) is 1. The molecule has 1 N–H and O–H groups in total. The molecule has 2 aliphatic rings. The molecule has 0 aromatic rings. The molecule has 0 aromatic carbocycles. The predicted octanol–water partition coefficient (Wildman–Crippen LogP) is 1.20. The van der Waals surface area contributed by atoms with Crippen LogP contribution in [0.25, 0.3) is 0 Å². The van der Waals surface area contributed by atoms with Crippen molar-refractivity contribution in [2.24, 2.45) is 5.92 Å².